The Labute approximate surface area is 132 Å². The largest absolute Gasteiger partial charge is 0.393 e. The molecule has 0 unspecified atom stereocenters. The molecule has 4 aliphatic rings. The smallest absolute Gasteiger partial charge is 0.155 e. The van der Waals surface area contributed by atoms with Crippen LogP contribution in [0.25, 0.3) is 0 Å². The fourth-order valence-corrected chi connectivity index (χ4v) is 6.75. The van der Waals surface area contributed by atoms with E-state index in [1.807, 2.05) is 0 Å². The van der Waals surface area contributed by atoms with Crippen LogP contribution in [0.1, 0.15) is 58.8 Å². The van der Waals surface area contributed by atoms with Gasteiger partial charge >= 0.3 is 0 Å². The molecule has 4 aliphatic carbocycles. The third-order valence-corrected chi connectivity index (χ3v) is 7.68. The maximum absolute atomic E-state index is 11.8. The molecule has 0 bridgehead atoms. The summed E-state index contributed by atoms with van der Waals surface area (Å²) < 4.78 is 0. The molecule has 0 radical (unpaired) electrons. The number of aliphatic hydroxyl groups excluding tert-OH is 2. The highest BCUT2D eigenvalue weighted by molar-refractivity contribution is 5.91. The number of carbonyl (C=O) groups is 1. The SMILES string of the molecule is C[C@]12CCC[C@@H]1[C@@H]1C[C@H](O)C3=CC(=O)CC[C@]3(C)[C@@H]1[C@H](O)C2. The minimum Gasteiger partial charge on any atom is -0.393 e. The minimum atomic E-state index is -0.495. The van der Waals surface area contributed by atoms with Crippen molar-refractivity contribution in [2.45, 2.75) is 71.0 Å². The van der Waals surface area contributed by atoms with Gasteiger partial charge in [-0.1, -0.05) is 20.3 Å². The van der Waals surface area contributed by atoms with E-state index in [1.165, 1.54) is 19.3 Å². The van der Waals surface area contributed by atoms with Crippen molar-refractivity contribution >= 4 is 5.78 Å². The van der Waals surface area contributed by atoms with E-state index in [-0.39, 0.29) is 28.6 Å². The molecule has 0 amide bonds. The predicted octanol–water partition coefficient (Wildman–Crippen LogP) is 2.85. The quantitative estimate of drug-likeness (QED) is 0.723. The van der Waals surface area contributed by atoms with Crippen molar-refractivity contribution in [3.63, 3.8) is 0 Å². The highest BCUT2D eigenvalue weighted by Crippen LogP contribution is 2.65. The van der Waals surface area contributed by atoms with E-state index >= 15 is 0 Å². The molecule has 4 rings (SSSR count). The van der Waals surface area contributed by atoms with Gasteiger partial charge in [-0.25, -0.2) is 0 Å². The van der Waals surface area contributed by atoms with E-state index in [1.54, 1.807) is 6.08 Å². The van der Waals surface area contributed by atoms with Crippen molar-refractivity contribution in [1.82, 2.24) is 0 Å². The Balaban J connectivity index is 1.78. The summed E-state index contributed by atoms with van der Waals surface area (Å²) in [6, 6.07) is 0. The number of aliphatic hydroxyl groups is 2. The average Bonchev–Trinajstić information content (AvgIpc) is 2.82. The van der Waals surface area contributed by atoms with E-state index in [2.05, 4.69) is 13.8 Å². The first kappa shape index (κ1) is 14.9. The fourth-order valence-electron chi connectivity index (χ4n) is 6.75. The van der Waals surface area contributed by atoms with Crippen LogP contribution < -0.4 is 0 Å². The molecule has 3 heteroatoms. The summed E-state index contributed by atoms with van der Waals surface area (Å²) in [5.41, 5.74) is 0.965. The van der Waals surface area contributed by atoms with E-state index in [0.29, 0.717) is 18.3 Å². The van der Waals surface area contributed by atoms with Crippen LogP contribution in [-0.4, -0.2) is 28.2 Å². The van der Waals surface area contributed by atoms with E-state index in [9.17, 15) is 15.0 Å². The summed E-state index contributed by atoms with van der Waals surface area (Å²) in [5, 5.41) is 21.7. The van der Waals surface area contributed by atoms with Crippen LogP contribution in [0.15, 0.2) is 11.6 Å². The Morgan fingerprint density at radius 3 is 2.77 bits per heavy atom. The molecular formula is C19H28O3. The number of fused-ring (bicyclic) bond motifs is 5. The van der Waals surface area contributed by atoms with Gasteiger partial charge in [0.2, 0.25) is 0 Å². The first-order valence-corrected chi connectivity index (χ1v) is 8.96. The second kappa shape index (κ2) is 4.67. The van der Waals surface area contributed by atoms with Gasteiger partial charge in [-0.15, -0.1) is 0 Å². The molecule has 7 atom stereocenters. The molecule has 0 aromatic rings. The van der Waals surface area contributed by atoms with Crippen molar-refractivity contribution in [2.24, 2.45) is 28.6 Å². The minimum absolute atomic E-state index is 0.140. The standard InChI is InChI=1S/C19H28O3/c1-18-6-3-4-13(18)12-9-15(21)14-8-11(20)5-7-19(14,2)17(12)16(22)10-18/h8,12-13,15-17,21-22H,3-7,9-10H2,1-2H3/t12-,13+,15-,16+,17-,18+,19-/m0/s1. The summed E-state index contributed by atoms with van der Waals surface area (Å²) in [5.74, 6) is 1.39. The van der Waals surface area contributed by atoms with Gasteiger partial charge < -0.3 is 10.2 Å². The van der Waals surface area contributed by atoms with Gasteiger partial charge in [0.05, 0.1) is 12.2 Å². The maximum atomic E-state index is 11.8. The zero-order chi connectivity index (χ0) is 15.7. The van der Waals surface area contributed by atoms with Crippen molar-refractivity contribution in [3.05, 3.63) is 11.6 Å². The van der Waals surface area contributed by atoms with Crippen LogP contribution in [0.4, 0.5) is 0 Å². The Morgan fingerprint density at radius 2 is 2.00 bits per heavy atom. The summed E-state index contributed by atoms with van der Waals surface area (Å²) >= 11 is 0. The van der Waals surface area contributed by atoms with Gasteiger partial charge in [0.25, 0.3) is 0 Å². The summed E-state index contributed by atoms with van der Waals surface area (Å²) in [7, 11) is 0. The van der Waals surface area contributed by atoms with Crippen LogP contribution >= 0.6 is 0 Å². The fraction of sp³-hybridized carbons (Fsp3) is 0.842. The van der Waals surface area contributed by atoms with Crippen molar-refractivity contribution < 1.29 is 15.0 Å². The van der Waals surface area contributed by atoms with Crippen LogP contribution in [0.5, 0.6) is 0 Å². The highest BCUT2D eigenvalue weighted by atomic mass is 16.3. The Hall–Kier alpha value is -0.670. The maximum Gasteiger partial charge on any atom is 0.155 e. The average molecular weight is 304 g/mol. The van der Waals surface area contributed by atoms with Crippen molar-refractivity contribution in [1.29, 1.82) is 0 Å². The molecule has 0 heterocycles. The molecule has 2 N–H and O–H groups in total. The van der Waals surface area contributed by atoms with Crippen LogP contribution in [0.3, 0.4) is 0 Å². The molecule has 0 aliphatic heterocycles. The monoisotopic (exact) mass is 304 g/mol. The highest BCUT2D eigenvalue weighted by Gasteiger charge is 2.61. The molecule has 0 aromatic carbocycles. The summed E-state index contributed by atoms with van der Waals surface area (Å²) in [4.78, 5) is 11.8. The molecule has 0 aromatic heterocycles. The molecule has 3 saturated carbocycles. The molecule has 22 heavy (non-hydrogen) atoms. The lowest BCUT2D eigenvalue weighted by Crippen LogP contribution is -2.58. The molecule has 3 nitrogen and oxygen atoms in total. The van der Waals surface area contributed by atoms with Crippen LogP contribution in [0.2, 0.25) is 0 Å². The lowest BCUT2D eigenvalue weighted by atomic mass is 9.46. The molecule has 0 saturated heterocycles. The molecule has 3 fully saturated rings. The van der Waals surface area contributed by atoms with Crippen molar-refractivity contribution in [2.75, 3.05) is 0 Å². The topological polar surface area (TPSA) is 57.5 Å². The Morgan fingerprint density at radius 1 is 1.23 bits per heavy atom. The second-order valence-electron chi connectivity index (χ2n) is 8.85. The molecule has 0 spiro atoms. The normalized spacial score (nSPS) is 54.3. The zero-order valence-electron chi connectivity index (χ0n) is 13.7. The number of hydrogen-bond donors (Lipinski definition) is 2. The van der Waals surface area contributed by atoms with Gasteiger partial charge in [-0.3, -0.25) is 4.79 Å². The summed E-state index contributed by atoms with van der Waals surface area (Å²) in [6.45, 7) is 4.53. The number of hydrogen-bond acceptors (Lipinski definition) is 3. The third kappa shape index (κ3) is 1.85. The third-order valence-electron chi connectivity index (χ3n) is 7.68. The molecule has 122 valence electrons. The number of carbonyl (C=O) groups excluding carboxylic acids is 1. The predicted molar refractivity (Wildman–Crippen MR) is 84.1 cm³/mol. The summed E-state index contributed by atoms with van der Waals surface area (Å²) in [6.07, 6.45) is 7.59. The van der Waals surface area contributed by atoms with Crippen molar-refractivity contribution in [3.8, 4) is 0 Å². The van der Waals surface area contributed by atoms with E-state index in [0.717, 1.165) is 24.8 Å². The van der Waals surface area contributed by atoms with Gasteiger partial charge in [-0.2, -0.15) is 0 Å². The first-order chi connectivity index (χ1) is 10.3. The van der Waals surface area contributed by atoms with Gasteiger partial charge in [0.15, 0.2) is 5.78 Å². The van der Waals surface area contributed by atoms with E-state index < -0.39 is 6.10 Å². The molecular weight excluding hydrogens is 276 g/mol. The second-order valence-corrected chi connectivity index (χ2v) is 8.85. The van der Waals surface area contributed by atoms with Crippen LogP contribution in [-0.2, 0) is 4.79 Å². The number of ketones is 1. The van der Waals surface area contributed by atoms with Gasteiger partial charge in [-0.05, 0) is 72.3 Å². The van der Waals surface area contributed by atoms with Crippen LogP contribution in [0, 0.1) is 28.6 Å². The zero-order valence-corrected chi connectivity index (χ0v) is 13.7. The Bertz CT molecular complexity index is 539. The number of rotatable bonds is 0. The van der Waals surface area contributed by atoms with Gasteiger partial charge in [0.1, 0.15) is 0 Å². The van der Waals surface area contributed by atoms with E-state index in [4.69, 9.17) is 0 Å². The first-order valence-electron chi connectivity index (χ1n) is 8.96. The lowest BCUT2D eigenvalue weighted by Gasteiger charge is -2.60. The Kier molecular flexibility index (Phi) is 3.16. The lowest BCUT2D eigenvalue weighted by molar-refractivity contribution is -0.139. The van der Waals surface area contributed by atoms with Gasteiger partial charge in [0, 0.05) is 6.42 Å².